The van der Waals surface area contributed by atoms with Crippen LogP contribution in [0.15, 0.2) is 24.3 Å². The lowest BCUT2D eigenvalue weighted by Crippen LogP contribution is -2.53. The van der Waals surface area contributed by atoms with Crippen molar-refractivity contribution in [1.82, 2.24) is 10.2 Å². The van der Waals surface area contributed by atoms with Gasteiger partial charge in [0.25, 0.3) is 5.69 Å². The van der Waals surface area contributed by atoms with Crippen LogP contribution >= 0.6 is 0 Å². The summed E-state index contributed by atoms with van der Waals surface area (Å²) in [6.07, 6.45) is 1.98. The zero-order valence-electron chi connectivity index (χ0n) is 12.4. The van der Waals surface area contributed by atoms with Gasteiger partial charge in [-0.1, -0.05) is 6.07 Å². The van der Waals surface area contributed by atoms with Crippen LogP contribution in [0.1, 0.15) is 12.8 Å². The third-order valence-corrected chi connectivity index (χ3v) is 4.36. The number of carbonyl (C=O) groups is 1. The van der Waals surface area contributed by atoms with Gasteiger partial charge in [-0.2, -0.15) is 0 Å². The fourth-order valence-corrected chi connectivity index (χ4v) is 3.10. The van der Waals surface area contributed by atoms with Gasteiger partial charge in [0.05, 0.1) is 11.0 Å². The highest BCUT2D eigenvalue weighted by atomic mass is 16.6. The van der Waals surface area contributed by atoms with Crippen molar-refractivity contribution in [2.45, 2.75) is 18.9 Å². The van der Waals surface area contributed by atoms with Gasteiger partial charge < -0.3 is 15.1 Å². The van der Waals surface area contributed by atoms with E-state index in [0.29, 0.717) is 26.2 Å². The van der Waals surface area contributed by atoms with Gasteiger partial charge >= 0.3 is 0 Å². The number of hydrogen-bond donors (Lipinski definition) is 1. The number of benzene rings is 1. The summed E-state index contributed by atoms with van der Waals surface area (Å²) in [5.74, 6) is 0.191. The molecular formula is C15H20N4O3. The molecular weight excluding hydrogens is 284 g/mol. The Morgan fingerprint density at radius 2 is 2.05 bits per heavy atom. The molecule has 2 aliphatic rings. The normalized spacial score (nSPS) is 21.9. The summed E-state index contributed by atoms with van der Waals surface area (Å²) in [5, 5.41) is 14.1. The quantitative estimate of drug-likeness (QED) is 0.665. The van der Waals surface area contributed by atoms with Gasteiger partial charge in [-0.3, -0.25) is 14.9 Å². The number of anilines is 1. The van der Waals surface area contributed by atoms with E-state index in [0.717, 1.165) is 25.1 Å². The van der Waals surface area contributed by atoms with Crippen LogP contribution in [-0.2, 0) is 4.79 Å². The maximum absolute atomic E-state index is 12.3. The van der Waals surface area contributed by atoms with E-state index in [9.17, 15) is 14.9 Å². The molecule has 7 nitrogen and oxygen atoms in total. The molecule has 1 aromatic carbocycles. The van der Waals surface area contributed by atoms with Crippen LogP contribution in [0.2, 0.25) is 0 Å². The number of hydrogen-bond acceptors (Lipinski definition) is 5. The van der Waals surface area contributed by atoms with Crippen molar-refractivity contribution in [1.29, 1.82) is 0 Å². The Kier molecular flexibility index (Phi) is 4.24. The highest BCUT2D eigenvalue weighted by molar-refractivity contribution is 5.82. The van der Waals surface area contributed by atoms with Gasteiger partial charge in [-0.05, 0) is 25.5 Å². The Balaban J connectivity index is 1.60. The number of nitrogens with one attached hydrogen (secondary N) is 1. The van der Waals surface area contributed by atoms with Gasteiger partial charge in [0.2, 0.25) is 5.91 Å². The number of non-ortho nitro benzene ring substituents is 1. The van der Waals surface area contributed by atoms with Crippen molar-refractivity contribution < 1.29 is 9.72 Å². The molecule has 0 spiro atoms. The molecule has 0 unspecified atom stereocenters. The predicted molar refractivity (Wildman–Crippen MR) is 82.9 cm³/mol. The van der Waals surface area contributed by atoms with E-state index >= 15 is 0 Å². The van der Waals surface area contributed by atoms with Crippen LogP contribution in [0.5, 0.6) is 0 Å². The second-order valence-electron chi connectivity index (χ2n) is 5.74. The van der Waals surface area contributed by atoms with Crippen molar-refractivity contribution in [3.05, 3.63) is 34.4 Å². The maximum atomic E-state index is 12.3. The molecule has 22 heavy (non-hydrogen) atoms. The number of carbonyl (C=O) groups excluding carboxylic acids is 1. The standard InChI is InChI=1S/C15H20N4O3/c20-15(14-5-2-6-16-14)18-9-7-17(8-10-18)12-3-1-4-13(11-12)19(21)22/h1,3-4,11,14,16H,2,5-10H2/t14-/m0/s1. The van der Waals surface area contributed by atoms with Crippen LogP contribution < -0.4 is 10.2 Å². The average Bonchev–Trinajstić information content (AvgIpc) is 3.09. The maximum Gasteiger partial charge on any atom is 0.271 e. The number of piperazine rings is 1. The molecule has 1 aromatic rings. The smallest absolute Gasteiger partial charge is 0.271 e. The second kappa shape index (κ2) is 6.31. The zero-order valence-corrected chi connectivity index (χ0v) is 12.4. The Hall–Kier alpha value is -2.15. The van der Waals surface area contributed by atoms with Gasteiger partial charge in [0.1, 0.15) is 0 Å². The van der Waals surface area contributed by atoms with Crippen molar-refractivity contribution in [2.24, 2.45) is 0 Å². The Morgan fingerprint density at radius 1 is 1.27 bits per heavy atom. The van der Waals surface area contributed by atoms with Crippen LogP contribution in [0.25, 0.3) is 0 Å². The third kappa shape index (κ3) is 3.04. The van der Waals surface area contributed by atoms with Gasteiger partial charge in [-0.25, -0.2) is 0 Å². The lowest BCUT2D eigenvalue weighted by molar-refractivity contribution is -0.384. The van der Waals surface area contributed by atoms with E-state index in [1.54, 1.807) is 12.1 Å². The van der Waals surface area contributed by atoms with Crippen molar-refractivity contribution in [2.75, 3.05) is 37.6 Å². The molecule has 2 heterocycles. The van der Waals surface area contributed by atoms with Gasteiger partial charge in [-0.15, -0.1) is 0 Å². The summed E-state index contributed by atoms with van der Waals surface area (Å²) in [7, 11) is 0. The summed E-state index contributed by atoms with van der Waals surface area (Å²) in [4.78, 5) is 26.8. The van der Waals surface area contributed by atoms with Crippen molar-refractivity contribution >= 4 is 17.3 Å². The van der Waals surface area contributed by atoms with Gasteiger partial charge in [0.15, 0.2) is 0 Å². The first kappa shape index (κ1) is 14.8. The lowest BCUT2D eigenvalue weighted by Gasteiger charge is -2.37. The van der Waals surface area contributed by atoms with E-state index < -0.39 is 0 Å². The number of rotatable bonds is 3. The molecule has 2 fully saturated rings. The topological polar surface area (TPSA) is 78.7 Å². The van der Waals surface area contributed by atoms with Crippen LogP contribution in [0, 0.1) is 10.1 Å². The van der Waals surface area contributed by atoms with Crippen molar-refractivity contribution in [3.63, 3.8) is 0 Å². The molecule has 118 valence electrons. The summed E-state index contributed by atoms with van der Waals surface area (Å²) in [6, 6.07) is 6.64. The molecule has 0 bridgehead atoms. The number of amides is 1. The molecule has 1 N–H and O–H groups in total. The Morgan fingerprint density at radius 3 is 2.68 bits per heavy atom. The number of nitro benzene ring substituents is 1. The van der Waals surface area contributed by atoms with E-state index in [4.69, 9.17) is 0 Å². The van der Waals surface area contributed by atoms with E-state index in [-0.39, 0.29) is 22.6 Å². The number of nitrogens with zero attached hydrogens (tertiary/aromatic N) is 3. The van der Waals surface area contributed by atoms with Crippen LogP contribution in [0.4, 0.5) is 11.4 Å². The largest absolute Gasteiger partial charge is 0.368 e. The first-order chi connectivity index (χ1) is 10.6. The fourth-order valence-electron chi connectivity index (χ4n) is 3.10. The SMILES string of the molecule is O=C([C@@H]1CCCN1)N1CCN(c2cccc([N+](=O)[O-])c2)CC1. The molecule has 1 amide bonds. The van der Waals surface area contributed by atoms with Crippen LogP contribution in [0.3, 0.4) is 0 Å². The summed E-state index contributed by atoms with van der Waals surface area (Å²) in [6.45, 7) is 3.67. The molecule has 0 aromatic heterocycles. The molecule has 1 atom stereocenters. The Bertz CT molecular complexity index is 564. The summed E-state index contributed by atoms with van der Waals surface area (Å²) >= 11 is 0. The summed E-state index contributed by atoms with van der Waals surface area (Å²) in [5.41, 5.74) is 0.950. The molecule has 2 saturated heterocycles. The fraction of sp³-hybridized carbons (Fsp3) is 0.533. The molecule has 3 rings (SSSR count). The van der Waals surface area contributed by atoms with E-state index in [1.807, 2.05) is 11.0 Å². The van der Waals surface area contributed by atoms with Gasteiger partial charge in [0, 0.05) is 44.0 Å². The predicted octanol–water partition coefficient (Wildman–Crippen LogP) is 0.995. The zero-order chi connectivity index (χ0) is 15.5. The molecule has 0 saturated carbocycles. The minimum absolute atomic E-state index is 0.0237. The molecule has 0 radical (unpaired) electrons. The number of nitro groups is 1. The second-order valence-corrected chi connectivity index (χ2v) is 5.74. The van der Waals surface area contributed by atoms with E-state index in [1.165, 1.54) is 6.07 Å². The van der Waals surface area contributed by atoms with E-state index in [2.05, 4.69) is 10.2 Å². The van der Waals surface area contributed by atoms with Crippen molar-refractivity contribution in [3.8, 4) is 0 Å². The monoisotopic (exact) mass is 304 g/mol. The minimum Gasteiger partial charge on any atom is -0.368 e. The highest BCUT2D eigenvalue weighted by Gasteiger charge is 2.29. The first-order valence-corrected chi connectivity index (χ1v) is 7.67. The Labute approximate surface area is 129 Å². The molecule has 0 aliphatic carbocycles. The third-order valence-electron chi connectivity index (χ3n) is 4.36. The summed E-state index contributed by atoms with van der Waals surface area (Å²) < 4.78 is 0. The average molecular weight is 304 g/mol. The van der Waals surface area contributed by atoms with Crippen LogP contribution in [-0.4, -0.2) is 54.5 Å². The lowest BCUT2D eigenvalue weighted by atomic mass is 10.1. The molecule has 2 aliphatic heterocycles. The first-order valence-electron chi connectivity index (χ1n) is 7.67. The highest BCUT2D eigenvalue weighted by Crippen LogP contribution is 2.22. The minimum atomic E-state index is -0.380. The molecule has 7 heteroatoms.